The predicted molar refractivity (Wildman–Crippen MR) is 90.6 cm³/mol. The van der Waals surface area contributed by atoms with E-state index in [1.807, 2.05) is 0 Å². The second kappa shape index (κ2) is 5.73. The highest BCUT2D eigenvalue weighted by Gasteiger charge is 2.24. The summed E-state index contributed by atoms with van der Waals surface area (Å²) in [5, 5.41) is 17.2. The van der Waals surface area contributed by atoms with Crippen molar-refractivity contribution in [3.63, 3.8) is 0 Å². The molecular weight excluding hydrogens is 318 g/mol. The van der Waals surface area contributed by atoms with Crippen molar-refractivity contribution < 1.29 is 9.72 Å². The number of rotatable bonds is 3. The van der Waals surface area contributed by atoms with Crippen LogP contribution in [0.5, 0.6) is 0 Å². The third-order valence-electron chi connectivity index (χ3n) is 3.56. The van der Waals surface area contributed by atoms with Gasteiger partial charge < -0.3 is 10.6 Å². The molecule has 1 heterocycles. The maximum Gasteiger partial charge on any atom is 0.292 e. The lowest BCUT2D eigenvalue weighted by atomic mass is 10.0. The van der Waals surface area contributed by atoms with E-state index in [4.69, 9.17) is 11.6 Å². The molecule has 1 aliphatic rings. The number of benzene rings is 2. The third kappa shape index (κ3) is 2.76. The second-order valence-electron chi connectivity index (χ2n) is 4.99. The zero-order valence-electron chi connectivity index (χ0n) is 12.1. The van der Waals surface area contributed by atoms with Crippen LogP contribution in [0.2, 0.25) is 5.02 Å². The van der Waals surface area contributed by atoms with E-state index in [0.717, 1.165) is 0 Å². The molecular formula is C16H12ClN3O3. The predicted octanol–water partition coefficient (Wildman–Crippen LogP) is 3.78. The van der Waals surface area contributed by atoms with Gasteiger partial charge in [-0.05, 0) is 35.9 Å². The molecule has 23 heavy (non-hydrogen) atoms. The minimum Gasteiger partial charge on any atom is -0.383 e. The molecule has 0 saturated carbocycles. The number of carbonyl (C=O) groups excluding carboxylic acids is 1. The van der Waals surface area contributed by atoms with Crippen molar-refractivity contribution in [3.8, 4) is 0 Å². The zero-order valence-corrected chi connectivity index (χ0v) is 12.8. The van der Waals surface area contributed by atoms with Crippen LogP contribution in [0.15, 0.2) is 36.4 Å². The van der Waals surface area contributed by atoms with Crippen molar-refractivity contribution in [2.45, 2.75) is 0 Å². The number of anilines is 2. The Morgan fingerprint density at radius 1 is 1.26 bits per heavy atom. The van der Waals surface area contributed by atoms with Gasteiger partial charge in [0.15, 0.2) is 0 Å². The van der Waals surface area contributed by atoms with E-state index in [1.54, 1.807) is 43.5 Å². The van der Waals surface area contributed by atoms with Crippen molar-refractivity contribution >= 4 is 46.2 Å². The van der Waals surface area contributed by atoms with Crippen molar-refractivity contribution in [2.24, 2.45) is 0 Å². The molecule has 1 aliphatic heterocycles. The topological polar surface area (TPSA) is 84.3 Å². The lowest BCUT2D eigenvalue weighted by Crippen LogP contribution is -2.03. The molecule has 0 radical (unpaired) electrons. The van der Waals surface area contributed by atoms with Gasteiger partial charge in [0.25, 0.3) is 11.6 Å². The number of fused-ring (bicyclic) bond motifs is 1. The highest BCUT2D eigenvalue weighted by atomic mass is 35.5. The molecule has 2 aromatic rings. The molecule has 0 bridgehead atoms. The first-order chi connectivity index (χ1) is 11.0. The van der Waals surface area contributed by atoms with Gasteiger partial charge in [0, 0.05) is 35.0 Å². The summed E-state index contributed by atoms with van der Waals surface area (Å²) < 4.78 is 0. The number of nitrogens with one attached hydrogen (secondary N) is 2. The average molecular weight is 330 g/mol. The van der Waals surface area contributed by atoms with Crippen molar-refractivity contribution in [3.05, 3.63) is 62.7 Å². The fourth-order valence-electron chi connectivity index (χ4n) is 2.47. The molecule has 2 N–H and O–H groups in total. The summed E-state index contributed by atoms with van der Waals surface area (Å²) in [7, 11) is 1.61. The Kier molecular flexibility index (Phi) is 3.75. The van der Waals surface area contributed by atoms with Crippen LogP contribution in [0.4, 0.5) is 17.1 Å². The third-order valence-corrected chi connectivity index (χ3v) is 3.80. The van der Waals surface area contributed by atoms with E-state index in [-0.39, 0.29) is 11.6 Å². The normalized spacial score (nSPS) is 14.5. The Morgan fingerprint density at radius 2 is 2.04 bits per heavy atom. The van der Waals surface area contributed by atoms with Gasteiger partial charge in [0.1, 0.15) is 5.69 Å². The van der Waals surface area contributed by atoms with Crippen molar-refractivity contribution in [1.29, 1.82) is 0 Å². The molecule has 2 aromatic carbocycles. The molecule has 0 unspecified atom stereocenters. The van der Waals surface area contributed by atoms with E-state index in [9.17, 15) is 14.9 Å². The van der Waals surface area contributed by atoms with Crippen LogP contribution in [-0.4, -0.2) is 17.9 Å². The summed E-state index contributed by atoms with van der Waals surface area (Å²) in [5.41, 5.74) is 2.71. The van der Waals surface area contributed by atoms with Crippen LogP contribution in [0.3, 0.4) is 0 Å². The van der Waals surface area contributed by atoms with E-state index in [1.165, 1.54) is 6.07 Å². The van der Waals surface area contributed by atoms with E-state index >= 15 is 0 Å². The Labute approximate surface area is 136 Å². The quantitative estimate of drug-likeness (QED) is 0.510. The van der Waals surface area contributed by atoms with Gasteiger partial charge >= 0.3 is 0 Å². The lowest BCUT2D eigenvalue weighted by molar-refractivity contribution is -0.383. The van der Waals surface area contributed by atoms with Gasteiger partial charge in [-0.15, -0.1) is 0 Å². The highest BCUT2D eigenvalue weighted by molar-refractivity contribution is 6.36. The lowest BCUT2D eigenvalue weighted by Gasteiger charge is -2.04. The Hall–Kier alpha value is -2.86. The fraction of sp³-hybridized carbons (Fsp3) is 0.0625. The molecule has 0 aromatic heterocycles. The SMILES string of the molecule is CNc1ccc(C=C2C(=O)Nc3ccc(Cl)cc32)cc1[N+](=O)[O-]. The minimum absolute atomic E-state index is 0.0495. The van der Waals surface area contributed by atoms with E-state index < -0.39 is 4.92 Å². The molecule has 0 aliphatic carbocycles. The van der Waals surface area contributed by atoms with Crippen LogP contribution in [-0.2, 0) is 4.79 Å². The number of carbonyl (C=O) groups is 1. The molecule has 0 saturated heterocycles. The summed E-state index contributed by atoms with van der Waals surface area (Å²) in [5.74, 6) is -0.261. The Morgan fingerprint density at radius 3 is 2.74 bits per heavy atom. The minimum atomic E-state index is -0.465. The molecule has 0 spiro atoms. The summed E-state index contributed by atoms with van der Waals surface area (Å²) in [6.45, 7) is 0. The molecule has 3 rings (SSSR count). The van der Waals surface area contributed by atoms with Crippen LogP contribution in [0.25, 0.3) is 11.6 Å². The molecule has 0 atom stereocenters. The van der Waals surface area contributed by atoms with Gasteiger partial charge in [-0.3, -0.25) is 14.9 Å². The first-order valence-electron chi connectivity index (χ1n) is 6.79. The molecule has 1 amide bonds. The number of hydrogen-bond acceptors (Lipinski definition) is 4. The molecule has 0 fully saturated rings. The van der Waals surface area contributed by atoms with Crippen LogP contribution < -0.4 is 10.6 Å². The van der Waals surface area contributed by atoms with E-state index in [0.29, 0.717) is 33.1 Å². The van der Waals surface area contributed by atoms with Gasteiger partial charge in [0.2, 0.25) is 0 Å². The average Bonchev–Trinajstić information content (AvgIpc) is 2.83. The van der Waals surface area contributed by atoms with Crippen LogP contribution in [0, 0.1) is 10.1 Å². The standard InChI is InChI=1S/C16H12ClN3O3/c1-18-14-4-2-9(7-15(14)20(22)23)6-12-11-8-10(17)3-5-13(11)19-16(12)21/h2-8,18H,1H3,(H,19,21). The second-order valence-corrected chi connectivity index (χ2v) is 5.42. The number of amides is 1. The first-order valence-corrected chi connectivity index (χ1v) is 7.16. The largest absolute Gasteiger partial charge is 0.383 e. The molecule has 6 nitrogen and oxygen atoms in total. The van der Waals surface area contributed by atoms with Crippen molar-refractivity contribution in [1.82, 2.24) is 0 Å². The van der Waals surface area contributed by atoms with Gasteiger partial charge in [-0.1, -0.05) is 17.7 Å². The zero-order chi connectivity index (χ0) is 16.6. The van der Waals surface area contributed by atoms with Gasteiger partial charge in [-0.25, -0.2) is 0 Å². The van der Waals surface area contributed by atoms with Gasteiger partial charge in [0.05, 0.1) is 4.92 Å². The van der Waals surface area contributed by atoms with E-state index in [2.05, 4.69) is 10.6 Å². The number of nitro groups is 1. The monoisotopic (exact) mass is 329 g/mol. The summed E-state index contributed by atoms with van der Waals surface area (Å²) in [6.07, 6.45) is 1.62. The Balaban J connectivity index is 2.09. The fourth-order valence-corrected chi connectivity index (χ4v) is 2.64. The summed E-state index contributed by atoms with van der Waals surface area (Å²) >= 11 is 5.98. The maximum absolute atomic E-state index is 12.1. The smallest absolute Gasteiger partial charge is 0.292 e. The number of halogens is 1. The molecule has 116 valence electrons. The van der Waals surface area contributed by atoms with Crippen molar-refractivity contribution in [2.75, 3.05) is 17.7 Å². The highest BCUT2D eigenvalue weighted by Crippen LogP contribution is 2.35. The number of hydrogen-bond donors (Lipinski definition) is 2. The van der Waals surface area contributed by atoms with Gasteiger partial charge in [-0.2, -0.15) is 0 Å². The molecule has 7 heteroatoms. The maximum atomic E-state index is 12.1. The number of nitrogens with zero attached hydrogens (tertiary/aromatic N) is 1. The summed E-state index contributed by atoms with van der Waals surface area (Å²) in [4.78, 5) is 22.8. The van der Waals surface area contributed by atoms with Crippen LogP contribution >= 0.6 is 11.6 Å². The summed E-state index contributed by atoms with van der Waals surface area (Å²) in [6, 6.07) is 9.85. The first kappa shape index (κ1) is 15.1. The number of nitro benzene ring substituents is 1. The van der Waals surface area contributed by atoms with Crippen LogP contribution in [0.1, 0.15) is 11.1 Å². The Bertz CT molecular complexity index is 862.